The second-order valence-corrected chi connectivity index (χ2v) is 5.81. The van der Waals surface area contributed by atoms with Gasteiger partial charge in [-0.15, -0.1) is 0 Å². The molecule has 3 rings (SSSR count). The van der Waals surface area contributed by atoms with E-state index in [1.807, 2.05) is 36.4 Å². The highest BCUT2D eigenvalue weighted by atomic mass is 35.5. The number of hydrogen-bond donors (Lipinski definition) is 1. The quantitative estimate of drug-likeness (QED) is 0.755. The molecule has 0 fully saturated rings. The van der Waals surface area contributed by atoms with Crippen LogP contribution in [0.25, 0.3) is 10.8 Å². The Morgan fingerprint density at radius 3 is 2.67 bits per heavy atom. The molecule has 0 aliphatic rings. The van der Waals surface area contributed by atoms with Gasteiger partial charge in [-0.25, -0.2) is 0 Å². The molecule has 1 aromatic heterocycles. The molecule has 0 aliphatic heterocycles. The molecule has 0 bridgehead atoms. The average molecular weight is 317 g/mol. The van der Waals surface area contributed by atoms with E-state index in [0.29, 0.717) is 16.5 Å². The number of pyridine rings is 1. The van der Waals surface area contributed by atoms with Crippen molar-refractivity contribution in [2.24, 2.45) is 5.73 Å². The third kappa shape index (κ3) is 3.03. The van der Waals surface area contributed by atoms with E-state index in [1.54, 1.807) is 12.3 Å². The lowest BCUT2D eigenvalue weighted by atomic mass is 9.99. The van der Waals surface area contributed by atoms with Crippen molar-refractivity contribution < 1.29 is 0 Å². The minimum Gasteiger partial charge on any atom is -0.322 e. The van der Waals surface area contributed by atoms with Gasteiger partial charge in [0.1, 0.15) is 0 Å². The van der Waals surface area contributed by atoms with Crippen LogP contribution in [0.2, 0.25) is 10.0 Å². The maximum Gasteiger partial charge on any atom is 0.0652 e. The highest BCUT2D eigenvalue weighted by molar-refractivity contribution is 6.35. The van der Waals surface area contributed by atoms with Crippen LogP contribution in [0.5, 0.6) is 0 Å². The fourth-order valence-electron chi connectivity index (χ4n) is 2.46. The third-order valence-corrected chi connectivity index (χ3v) is 4.10. The molecule has 0 saturated heterocycles. The Morgan fingerprint density at radius 2 is 1.86 bits per heavy atom. The van der Waals surface area contributed by atoms with Crippen LogP contribution in [-0.4, -0.2) is 4.98 Å². The van der Waals surface area contributed by atoms with Crippen molar-refractivity contribution in [1.29, 1.82) is 0 Å². The standard InChI is InChI=1S/C17H14Cl2N2/c18-13-6-5-12(15(19)10-13)9-16(20)17-14-4-2-1-3-11(14)7-8-21-17/h1-8,10,16H,9,20H2. The van der Waals surface area contributed by atoms with E-state index in [9.17, 15) is 0 Å². The van der Waals surface area contributed by atoms with Gasteiger partial charge in [-0.2, -0.15) is 0 Å². The lowest BCUT2D eigenvalue weighted by Gasteiger charge is -2.14. The van der Waals surface area contributed by atoms with Crippen LogP contribution in [0.4, 0.5) is 0 Å². The zero-order valence-electron chi connectivity index (χ0n) is 11.3. The first-order valence-electron chi connectivity index (χ1n) is 6.68. The summed E-state index contributed by atoms with van der Waals surface area (Å²) < 4.78 is 0. The van der Waals surface area contributed by atoms with Crippen LogP contribution in [0.15, 0.2) is 54.7 Å². The first-order chi connectivity index (χ1) is 10.1. The van der Waals surface area contributed by atoms with Gasteiger partial charge in [0.2, 0.25) is 0 Å². The second-order valence-electron chi connectivity index (χ2n) is 4.96. The van der Waals surface area contributed by atoms with Gasteiger partial charge in [0, 0.05) is 21.6 Å². The summed E-state index contributed by atoms with van der Waals surface area (Å²) in [5.41, 5.74) is 8.21. The van der Waals surface area contributed by atoms with Crippen molar-refractivity contribution in [2.75, 3.05) is 0 Å². The molecule has 1 unspecified atom stereocenters. The maximum absolute atomic E-state index is 6.35. The Morgan fingerprint density at radius 1 is 1.05 bits per heavy atom. The van der Waals surface area contributed by atoms with E-state index in [4.69, 9.17) is 28.9 Å². The molecule has 106 valence electrons. The van der Waals surface area contributed by atoms with E-state index in [-0.39, 0.29) is 6.04 Å². The minimum atomic E-state index is -0.213. The Hall–Kier alpha value is -1.61. The summed E-state index contributed by atoms with van der Waals surface area (Å²) in [5.74, 6) is 0. The van der Waals surface area contributed by atoms with Gasteiger partial charge in [0.15, 0.2) is 0 Å². The summed E-state index contributed by atoms with van der Waals surface area (Å²) in [6.45, 7) is 0. The van der Waals surface area contributed by atoms with Crippen LogP contribution >= 0.6 is 23.2 Å². The molecule has 2 nitrogen and oxygen atoms in total. The molecule has 0 spiro atoms. The normalized spacial score (nSPS) is 12.5. The Balaban J connectivity index is 1.95. The molecule has 2 aromatic carbocycles. The smallest absolute Gasteiger partial charge is 0.0652 e. The van der Waals surface area contributed by atoms with Gasteiger partial charge in [-0.1, -0.05) is 53.5 Å². The maximum atomic E-state index is 6.35. The summed E-state index contributed by atoms with van der Waals surface area (Å²) in [4.78, 5) is 4.46. The number of nitrogens with zero attached hydrogens (tertiary/aromatic N) is 1. The average Bonchev–Trinajstić information content (AvgIpc) is 2.49. The van der Waals surface area contributed by atoms with Crippen LogP contribution in [0.1, 0.15) is 17.3 Å². The number of aromatic nitrogens is 1. The van der Waals surface area contributed by atoms with Crippen molar-refractivity contribution >= 4 is 34.0 Å². The third-order valence-electron chi connectivity index (χ3n) is 3.51. The first-order valence-corrected chi connectivity index (χ1v) is 7.44. The molecular formula is C17H14Cl2N2. The van der Waals surface area contributed by atoms with E-state index in [2.05, 4.69) is 11.1 Å². The fourth-order valence-corrected chi connectivity index (χ4v) is 2.94. The molecule has 0 saturated carbocycles. The van der Waals surface area contributed by atoms with Crippen molar-refractivity contribution in [1.82, 2.24) is 4.98 Å². The fraction of sp³-hybridized carbons (Fsp3) is 0.118. The van der Waals surface area contributed by atoms with Crippen LogP contribution in [-0.2, 0) is 6.42 Å². The highest BCUT2D eigenvalue weighted by Gasteiger charge is 2.14. The predicted molar refractivity (Wildman–Crippen MR) is 88.8 cm³/mol. The number of rotatable bonds is 3. The van der Waals surface area contributed by atoms with Crippen molar-refractivity contribution in [3.63, 3.8) is 0 Å². The van der Waals surface area contributed by atoms with Crippen LogP contribution in [0.3, 0.4) is 0 Å². The Kier molecular flexibility index (Phi) is 4.11. The van der Waals surface area contributed by atoms with E-state index < -0.39 is 0 Å². The molecule has 0 radical (unpaired) electrons. The number of hydrogen-bond acceptors (Lipinski definition) is 2. The topological polar surface area (TPSA) is 38.9 Å². The molecular weight excluding hydrogens is 303 g/mol. The molecule has 3 aromatic rings. The monoisotopic (exact) mass is 316 g/mol. The number of nitrogens with two attached hydrogens (primary N) is 1. The lowest BCUT2D eigenvalue weighted by Crippen LogP contribution is -2.15. The molecule has 0 aliphatic carbocycles. The molecule has 1 heterocycles. The van der Waals surface area contributed by atoms with Gasteiger partial charge < -0.3 is 5.73 Å². The van der Waals surface area contributed by atoms with Gasteiger partial charge in [0.05, 0.1) is 11.7 Å². The van der Waals surface area contributed by atoms with Crippen LogP contribution in [0, 0.1) is 0 Å². The van der Waals surface area contributed by atoms with E-state index in [0.717, 1.165) is 22.0 Å². The summed E-state index contributed by atoms with van der Waals surface area (Å²) >= 11 is 12.1. The number of fused-ring (bicyclic) bond motifs is 1. The summed E-state index contributed by atoms with van der Waals surface area (Å²) in [5, 5.41) is 3.48. The SMILES string of the molecule is NC(Cc1ccc(Cl)cc1Cl)c1nccc2ccccc12. The highest BCUT2D eigenvalue weighted by Crippen LogP contribution is 2.27. The van der Waals surface area contributed by atoms with Gasteiger partial charge in [-0.05, 0) is 35.6 Å². The Labute approximate surface area is 133 Å². The first kappa shape index (κ1) is 14.3. The predicted octanol–water partition coefficient (Wildman–Crippen LogP) is 4.78. The summed E-state index contributed by atoms with van der Waals surface area (Å²) in [6.07, 6.45) is 2.41. The lowest BCUT2D eigenvalue weighted by molar-refractivity contribution is 0.704. The molecule has 0 amide bonds. The van der Waals surface area contributed by atoms with Crippen molar-refractivity contribution in [3.05, 3.63) is 76.0 Å². The second kappa shape index (κ2) is 6.02. The Bertz CT molecular complexity index is 781. The zero-order valence-corrected chi connectivity index (χ0v) is 12.8. The van der Waals surface area contributed by atoms with E-state index >= 15 is 0 Å². The number of benzene rings is 2. The van der Waals surface area contributed by atoms with Crippen molar-refractivity contribution in [3.8, 4) is 0 Å². The molecule has 1 atom stereocenters. The van der Waals surface area contributed by atoms with Gasteiger partial charge in [-0.3, -0.25) is 4.98 Å². The summed E-state index contributed by atoms with van der Waals surface area (Å²) in [6, 6.07) is 15.4. The number of halogens is 2. The molecule has 4 heteroatoms. The van der Waals surface area contributed by atoms with Gasteiger partial charge in [0.25, 0.3) is 0 Å². The molecule has 21 heavy (non-hydrogen) atoms. The molecule has 2 N–H and O–H groups in total. The van der Waals surface area contributed by atoms with Crippen molar-refractivity contribution in [2.45, 2.75) is 12.5 Å². The largest absolute Gasteiger partial charge is 0.322 e. The zero-order chi connectivity index (χ0) is 14.8. The van der Waals surface area contributed by atoms with Gasteiger partial charge >= 0.3 is 0 Å². The van der Waals surface area contributed by atoms with E-state index in [1.165, 1.54) is 0 Å². The minimum absolute atomic E-state index is 0.213. The van der Waals surface area contributed by atoms with Crippen LogP contribution < -0.4 is 5.73 Å². The summed E-state index contributed by atoms with van der Waals surface area (Å²) in [7, 11) is 0.